The monoisotopic (exact) mass is 344 g/mol. The average molecular weight is 344 g/mol. The molecule has 25 heavy (non-hydrogen) atoms. The maximum Gasteiger partial charge on any atom is 0.227 e. The standard InChI is InChI=1S/C20H28N2O3/c23-20(12-16-4-2-1-3-5-16)22-7-6-17-15-25-19(18(17)13-22)14-21-8-10-24-11-9-21/h1-5,17-19H,6-15H2/t17-,18-,19+/m0/s1. The number of fused-ring (bicyclic) bond motifs is 1. The summed E-state index contributed by atoms with van der Waals surface area (Å²) in [6.07, 6.45) is 1.84. The Morgan fingerprint density at radius 3 is 2.72 bits per heavy atom. The van der Waals surface area contributed by atoms with Crippen LogP contribution in [0, 0.1) is 11.8 Å². The van der Waals surface area contributed by atoms with Gasteiger partial charge in [-0.25, -0.2) is 0 Å². The van der Waals surface area contributed by atoms with Crippen LogP contribution in [0.25, 0.3) is 0 Å². The van der Waals surface area contributed by atoms with E-state index in [0.29, 0.717) is 18.3 Å². The lowest BCUT2D eigenvalue weighted by molar-refractivity contribution is -0.133. The van der Waals surface area contributed by atoms with Crippen molar-refractivity contribution in [3.8, 4) is 0 Å². The second-order valence-corrected chi connectivity index (χ2v) is 7.50. The second-order valence-electron chi connectivity index (χ2n) is 7.50. The van der Waals surface area contributed by atoms with E-state index in [9.17, 15) is 4.79 Å². The van der Waals surface area contributed by atoms with E-state index >= 15 is 0 Å². The first kappa shape index (κ1) is 17.0. The molecule has 136 valence electrons. The quantitative estimate of drug-likeness (QED) is 0.829. The molecule has 3 atom stereocenters. The first-order valence-electron chi connectivity index (χ1n) is 9.53. The van der Waals surface area contributed by atoms with E-state index in [4.69, 9.17) is 9.47 Å². The molecule has 0 N–H and O–H groups in total. The highest BCUT2D eigenvalue weighted by Crippen LogP contribution is 2.34. The lowest BCUT2D eigenvalue weighted by atomic mass is 9.84. The lowest BCUT2D eigenvalue weighted by Gasteiger charge is -2.37. The van der Waals surface area contributed by atoms with Crippen molar-refractivity contribution in [2.75, 3.05) is 52.5 Å². The summed E-state index contributed by atoms with van der Waals surface area (Å²) in [6, 6.07) is 10.1. The van der Waals surface area contributed by atoms with E-state index in [0.717, 1.165) is 64.5 Å². The predicted molar refractivity (Wildman–Crippen MR) is 95.3 cm³/mol. The smallest absolute Gasteiger partial charge is 0.227 e. The summed E-state index contributed by atoms with van der Waals surface area (Å²) >= 11 is 0. The summed E-state index contributed by atoms with van der Waals surface area (Å²) in [5.74, 6) is 1.35. The first-order chi connectivity index (χ1) is 12.3. The van der Waals surface area contributed by atoms with E-state index in [1.807, 2.05) is 30.3 Å². The number of hydrogen-bond acceptors (Lipinski definition) is 4. The Bertz CT molecular complexity index is 574. The van der Waals surface area contributed by atoms with E-state index in [1.54, 1.807) is 0 Å². The van der Waals surface area contributed by atoms with Crippen molar-refractivity contribution in [3.05, 3.63) is 35.9 Å². The molecule has 0 aliphatic carbocycles. The summed E-state index contributed by atoms with van der Waals surface area (Å²) in [5.41, 5.74) is 1.10. The highest BCUT2D eigenvalue weighted by atomic mass is 16.5. The molecule has 0 bridgehead atoms. The number of hydrogen-bond donors (Lipinski definition) is 0. The minimum Gasteiger partial charge on any atom is -0.379 e. The molecule has 0 spiro atoms. The molecule has 3 saturated heterocycles. The molecular weight excluding hydrogens is 316 g/mol. The molecule has 3 heterocycles. The molecule has 1 aromatic rings. The average Bonchev–Trinajstić information content (AvgIpc) is 3.05. The van der Waals surface area contributed by atoms with Gasteiger partial charge in [0.25, 0.3) is 0 Å². The van der Waals surface area contributed by atoms with Crippen LogP contribution in [0.2, 0.25) is 0 Å². The molecule has 3 aliphatic rings. The highest BCUT2D eigenvalue weighted by Gasteiger charge is 2.42. The number of morpholine rings is 1. The molecule has 0 radical (unpaired) electrons. The van der Waals surface area contributed by atoms with E-state index in [2.05, 4.69) is 9.80 Å². The Morgan fingerprint density at radius 2 is 1.92 bits per heavy atom. The summed E-state index contributed by atoms with van der Waals surface area (Å²) in [4.78, 5) is 17.2. The molecule has 3 aliphatic heterocycles. The third kappa shape index (κ3) is 4.05. The van der Waals surface area contributed by atoms with Crippen LogP contribution in [0.3, 0.4) is 0 Å². The number of ether oxygens (including phenoxy) is 2. The first-order valence-corrected chi connectivity index (χ1v) is 9.53. The molecule has 3 fully saturated rings. The minimum absolute atomic E-state index is 0.252. The van der Waals surface area contributed by atoms with Crippen molar-refractivity contribution in [1.82, 2.24) is 9.80 Å². The number of carbonyl (C=O) groups excluding carboxylic acids is 1. The molecule has 0 unspecified atom stereocenters. The van der Waals surface area contributed by atoms with Gasteiger partial charge < -0.3 is 14.4 Å². The molecule has 4 rings (SSSR count). The van der Waals surface area contributed by atoms with E-state index < -0.39 is 0 Å². The van der Waals surface area contributed by atoms with Gasteiger partial charge in [-0.15, -0.1) is 0 Å². The van der Waals surface area contributed by atoms with Gasteiger partial charge in [-0.2, -0.15) is 0 Å². The van der Waals surface area contributed by atoms with Gasteiger partial charge in [-0.1, -0.05) is 30.3 Å². The largest absolute Gasteiger partial charge is 0.379 e. The molecule has 1 aromatic carbocycles. The molecule has 5 nitrogen and oxygen atoms in total. The molecule has 1 amide bonds. The van der Waals surface area contributed by atoms with Crippen molar-refractivity contribution >= 4 is 5.91 Å². The molecular formula is C20H28N2O3. The third-order valence-electron chi connectivity index (χ3n) is 5.90. The Labute approximate surface area is 149 Å². The van der Waals surface area contributed by atoms with E-state index in [-0.39, 0.29) is 12.0 Å². The van der Waals surface area contributed by atoms with Crippen molar-refractivity contribution in [2.24, 2.45) is 11.8 Å². The number of piperidine rings is 1. The van der Waals surface area contributed by atoms with Gasteiger partial charge in [0.05, 0.1) is 32.3 Å². The van der Waals surface area contributed by atoms with Crippen LogP contribution >= 0.6 is 0 Å². The number of amides is 1. The van der Waals surface area contributed by atoms with E-state index in [1.165, 1.54) is 0 Å². The van der Waals surface area contributed by atoms with Gasteiger partial charge in [0.15, 0.2) is 0 Å². The summed E-state index contributed by atoms with van der Waals surface area (Å²) < 4.78 is 11.6. The Kier molecular flexibility index (Phi) is 5.34. The lowest BCUT2D eigenvalue weighted by Crippen LogP contribution is -2.49. The van der Waals surface area contributed by atoms with Crippen LogP contribution in [0.15, 0.2) is 30.3 Å². The van der Waals surface area contributed by atoms with Crippen LogP contribution in [0.4, 0.5) is 0 Å². The Hall–Kier alpha value is -1.43. The van der Waals surface area contributed by atoms with Crippen molar-refractivity contribution in [2.45, 2.75) is 18.9 Å². The van der Waals surface area contributed by atoms with Gasteiger partial charge in [-0.05, 0) is 17.9 Å². The van der Waals surface area contributed by atoms with Gasteiger partial charge in [0, 0.05) is 38.6 Å². The Morgan fingerprint density at radius 1 is 1.12 bits per heavy atom. The number of carbonyl (C=O) groups is 1. The summed E-state index contributed by atoms with van der Waals surface area (Å²) in [5, 5.41) is 0. The zero-order valence-corrected chi connectivity index (χ0v) is 14.8. The number of nitrogens with zero attached hydrogens (tertiary/aromatic N) is 2. The fraction of sp³-hybridized carbons (Fsp3) is 0.650. The SMILES string of the molecule is O=C(Cc1ccccc1)N1CC[C@H]2CO[C@H](CN3CCOCC3)[C@H]2C1. The molecule has 5 heteroatoms. The van der Waals surface area contributed by atoms with Crippen LogP contribution in [0.1, 0.15) is 12.0 Å². The van der Waals surface area contributed by atoms with Crippen LogP contribution in [0.5, 0.6) is 0 Å². The predicted octanol–water partition coefficient (Wildman–Crippen LogP) is 1.42. The Balaban J connectivity index is 1.35. The fourth-order valence-electron chi connectivity index (χ4n) is 4.36. The van der Waals surface area contributed by atoms with Gasteiger partial charge in [0.1, 0.15) is 0 Å². The fourth-order valence-corrected chi connectivity index (χ4v) is 4.36. The number of benzene rings is 1. The van der Waals surface area contributed by atoms with Crippen molar-refractivity contribution in [1.29, 1.82) is 0 Å². The van der Waals surface area contributed by atoms with Gasteiger partial charge >= 0.3 is 0 Å². The summed E-state index contributed by atoms with van der Waals surface area (Å²) in [7, 11) is 0. The minimum atomic E-state index is 0.252. The number of rotatable bonds is 4. The van der Waals surface area contributed by atoms with Crippen LogP contribution < -0.4 is 0 Å². The maximum absolute atomic E-state index is 12.7. The summed E-state index contributed by atoms with van der Waals surface area (Å²) in [6.45, 7) is 7.20. The second kappa shape index (κ2) is 7.85. The molecule has 0 aromatic heterocycles. The maximum atomic E-state index is 12.7. The van der Waals surface area contributed by atoms with Crippen LogP contribution in [-0.4, -0.2) is 74.4 Å². The topological polar surface area (TPSA) is 42.0 Å². The van der Waals surface area contributed by atoms with Gasteiger partial charge in [-0.3, -0.25) is 9.69 Å². The third-order valence-corrected chi connectivity index (χ3v) is 5.90. The van der Waals surface area contributed by atoms with Gasteiger partial charge in [0.2, 0.25) is 5.91 Å². The van der Waals surface area contributed by atoms with Crippen LogP contribution in [-0.2, 0) is 20.7 Å². The zero-order chi connectivity index (χ0) is 17.1. The number of likely N-dealkylation sites (tertiary alicyclic amines) is 1. The highest BCUT2D eigenvalue weighted by molar-refractivity contribution is 5.78. The zero-order valence-electron chi connectivity index (χ0n) is 14.8. The van der Waals surface area contributed by atoms with Crippen molar-refractivity contribution < 1.29 is 14.3 Å². The normalized spacial score (nSPS) is 30.2. The van der Waals surface area contributed by atoms with Crippen molar-refractivity contribution in [3.63, 3.8) is 0 Å². The molecule has 0 saturated carbocycles.